The van der Waals surface area contributed by atoms with Crippen LogP contribution in [0.5, 0.6) is 0 Å². The highest BCUT2D eigenvalue weighted by atomic mass is 79.9. The molecule has 1 fully saturated rings. The maximum absolute atomic E-state index is 11.6. The first-order valence-corrected chi connectivity index (χ1v) is 6.80. The molecule has 0 radical (unpaired) electrons. The second-order valence-electron chi connectivity index (χ2n) is 4.16. The van der Waals surface area contributed by atoms with E-state index < -0.39 is 0 Å². The number of nitrogens with one attached hydrogen (secondary N) is 2. The summed E-state index contributed by atoms with van der Waals surface area (Å²) in [7, 11) is 0. The lowest BCUT2D eigenvalue weighted by Gasteiger charge is -2.06. The zero-order chi connectivity index (χ0) is 12.3. The summed E-state index contributed by atoms with van der Waals surface area (Å²) in [6.45, 7) is 0.737. The molecule has 1 amide bonds. The van der Waals surface area contributed by atoms with Crippen LogP contribution in [-0.2, 0) is 4.79 Å². The van der Waals surface area contributed by atoms with Crippen LogP contribution in [0, 0.1) is 0 Å². The first-order chi connectivity index (χ1) is 8.15. The van der Waals surface area contributed by atoms with Gasteiger partial charge < -0.3 is 10.6 Å². The summed E-state index contributed by atoms with van der Waals surface area (Å²) in [5.41, 5.74) is 0.731. The Labute approximate surface area is 114 Å². The van der Waals surface area contributed by atoms with Crippen molar-refractivity contribution in [3.63, 3.8) is 0 Å². The Bertz CT molecular complexity index is 421. The van der Waals surface area contributed by atoms with Crippen molar-refractivity contribution in [2.24, 2.45) is 0 Å². The Balaban J connectivity index is 1.77. The lowest BCUT2D eigenvalue weighted by Crippen LogP contribution is -2.23. The lowest BCUT2D eigenvalue weighted by molar-refractivity contribution is -0.116. The van der Waals surface area contributed by atoms with E-state index in [2.05, 4.69) is 26.6 Å². The second-order valence-corrected chi connectivity index (χ2v) is 5.42. The minimum absolute atomic E-state index is 0.0107. The fourth-order valence-electron chi connectivity index (χ4n) is 1.47. The molecule has 0 aromatic heterocycles. The Kier molecular flexibility index (Phi) is 4.42. The first kappa shape index (κ1) is 12.9. The second kappa shape index (κ2) is 5.85. The molecule has 3 nitrogen and oxygen atoms in total. The van der Waals surface area contributed by atoms with Gasteiger partial charge in [-0.05, 0) is 47.0 Å². The Morgan fingerprint density at radius 3 is 2.88 bits per heavy atom. The molecular formula is C12H14BrClN2O. The topological polar surface area (TPSA) is 41.1 Å². The van der Waals surface area contributed by atoms with E-state index >= 15 is 0 Å². The number of carbonyl (C=O) groups excluding carboxylic acids is 1. The lowest BCUT2D eigenvalue weighted by atomic mass is 10.3. The van der Waals surface area contributed by atoms with Crippen LogP contribution in [0.15, 0.2) is 22.7 Å². The molecule has 1 aliphatic rings. The number of halogens is 2. The molecule has 1 saturated carbocycles. The van der Waals surface area contributed by atoms with Gasteiger partial charge in [0.25, 0.3) is 0 Å². The summed E-state index contributed by atoms with van der Waals surface area (Å²) in [5.74, 6) is 0.0107. The van der Waals surface area contributed by atoms with Crippen LogP contribution in [0.2, 0.25) is 5.02 Å². The molecule has 5 heteroatoms. The number of benzene rings is 1. The van der Waals surface area contributed by atoms with Crippen molar-refractivity contribution >= 4 is 39.1 Å². The molecule has 17 heavy (non-hydrogen) atoms. The highest BCUT2D eigenvalue weighted by molar-refractivity contribution is 9.10. The molecule has 92 valence electrons. The molecule has 0 bridgehead atoms. The summed E-state index contributed by atoms with van der Waals surface area (Å²) < 4.78 is 0.826. The SMILES string of the molecule is O=C(CCNC1CC1)Nc1ccc(Br)c(Cl)c1. The summed E-state index contributed by atoms with van der Waals surface area (Å²) in [5, 5.41) is 6.72. The average molecular weight is 318 g/mol. The fourth-order valence-corrected chi connectivity index (χ4v) is 1.90. The molecule has 0 saturated heterocycles. The van der Waals surface area contributed by atoms with E-state index in [1.807, 2.05) is 12.1 Å². The molecule has 1 aromatic rings. The first-order valence-electron chi connectivity index (χ1n) is 5.63. The predicted octanol–water partition coefficient (Wildman–Crippen LogP) is 3.18. The summed E-state index contributed by atoms with van der Waals surface area (Å²) >= 11 is 9.25. The Morgan fingerprint density at radius 2 is 2.24 bits per heavy atom. The Morgan fingerprint density at radius 1 is 1.47 bits per heavy atom. The van der Waals surface area contributed by atoms with E-state index in [0.717, 1.165) is 16.7 Å². The van der Waals surface area contributed by atoms with Gasteiger partial charge in [0.2, 0.25) is 5.91 Å². The largest absolute Gasteiger partial charge is 0.326 e. The maximum Gasteiger partial charge on any atom is 0.225 e. The van der Waals surface area contributed by atoms with Crippen LogP contribution >= 0.6 is 27.5 Å². The van der Waals surface area contributed by atoms with Crippen LogP contribution in [-0.4, -0.2) is 18.5 Å². The number of amides is 1. The molecule has 1 aromatic carbocycles. The zero-order valence-electron chi connectivity index (χ0n) is 9.30. The van der Waals surface area contributed by atoms with E-state index in [0.29, 0.717) is 17.5 Å². The van der Waals surface area contributed by atoms with Gasteiger partial charge in [-0.15, -0.1) is 0 Å². The quantitative estimate of drug-likeness (QED) is 0.876. The van der Waals surface area contributed by atoms with E-state index in [-0.39, 0.29) is 5.91 Å². The minimum Gasteiger partial charge on any atom is -0.326 e. The number of hydrogen-bond donors (Lipinski definition) is 2. The smallest absolute Gasteiger partial charge is 0.225 e. The Hall–Kier alpha value is -0.580. The predicted molar refractivity (Wildman–Crippen MR) is 73.4 cm³/mol. The van der Waals surface area contributed by atoms with Gasteiger partial charge in [-0.2, -0.15) is 0 Å². The standard InChI is InChI=1S/C12H14BrClN2O/c13-10-4-3-9(7-11(10)14)16-12(17)5-6-15-8-1-2-8/h3-4,7-8,15H,1-2,5-6H2,(H,16,17). The van der Waals surface area contributed by atoms with Crippen LogP contribution in [0.25, 0.3) is 0 Å². The normalized spacial score (nSPS) is 14.7. The van der Waals surface area contributed by atoms with Crippen molar-refractivity contribution in [3.8, 4) is 0 Å². The van der Waals surface area contributed by atoms with E-state index in [4.69, 9.17) is 11.6 Å². The third-order valence-electron chi connectivity index (χ3n) is 2.57. The molecule has 0 heterocycles. The van der Waals surface area contributed by atoms with Gasteiger partial charge in [-0.25, -0.2) is 0 Å². The zero-order valence-corrected chi connectivity index (χ0v) is 11.6. The third kappa shape index (κ3) is 4.30. The third-order valence-corrected chi connectivity index (χ3v) is 3.80. The molecular weight excluding hydrogens is 304 g/mol. The van der Waals surface area contributed by atoms with Gasteiger partial charge in [-0.1, -0.05) is 11.6 Å². The fraction of sp³-hybridized carbons (Fsp3) is 0.417. The number of hydrogen-bond acceptors (Lipinski definition) is 2. The van der Waals surface area contributed by atoms with E-state index in [1.54, 1.807) is 6.07 Å². The van der Waals surface area contributed by atoms with Crippen molar-refractivity contribution in [1.82, 2.24) is 5.32 Å². The number of carbonyl (C=O) groups is 1. The average Bonchev–Trinajstić information content (AvgIpc) is 3.07. The molecule has 0 unspecified atom stereocenters. The molecule has 0 atom stereocenters. The molecule has 2 N–H and O–H groups in total. The van der Waals surface area contributed by atoms with Crippen molar-refractivity contribution in [2.75, 3.05) is 11.9 Å². The van der Waals surface area contributed by atoms with Gasteiger partial charge in [0.15, 0.2) is 0 Å². The molecule has 0 spiro atoms. The van der Waals surface area contributed by atoms with Crippen LogP contribution in [0.4, 0.5) is 5.69 Å². The van der Waals surface area contributed by atoms with Gasteiger partial charge in [0.1, 0.15) is 0 Å². The molecule has 2 rings (SSSR count). The monoisotopic (exact) mass is 316 g/mol. The van der Waals surface area contributed by atoms with E-state index in [1.165, 1.54) is 12.8 Å². The summed E-state index contributed by atoms with van der Waals surface area (Å²) in [6.07, 6.45) is 2.97. The van der Waals surface area contributed by atoms with Gasteiger partial charge in [0.05, 0.1) is 5.02 Å². The van der Waals surface area contributed by atoms with E-state index in [9.17, 15) is 4.79 Å². The van der Waals surface area contributed by atoms with Crippen molar-refractivity contribution in [3.05, 3.63) is 27.7 Å². The van der Waals surface area contributed by atoms with Gasteiger partial charge >= 0.3 is 0 Å². The summed E-state index contributed by atoms with van der Waals surface area (Å²) in [4.78, 5) is 11.6. The number of anilines is 1. The maximum atomic E-state index is 11.6. The van der Waals surface area contributed by atoms with Crippen LogP contribution < -0.4 is 10.6 Å². The molecule has 0 aliphatic heterocycles. The van der Waals surface area contributed by atoms with Gasteiger partial charge in [-0.3, -0.25) is 4.79 Å². The van der Waals surface area contributed by atoms with Crippen molar-refractivity contribution in [2.45, 2.75) is 25.3 Å². The van der Waals surface area contributed by atoms with Crippen molar-refractivity contribution < 1.29 is 4.79 Å². The highest BCUT2D eigenvalue weighted by Gasteiger charge is 2.20. The van der Waals surface area contributed by atoms with Crippen molar-refractivity contribution in [1.29, 1.82) is 0 Å². The highest BCUT2D eigenvalue weighted by Crippen LogP contribution is 2.25. The minimum atomic E-state index is 0.0107. The van der Waals surface area contributed by atoms with Crippen LogP contribution in [0.3, 0.4) is 0 Å². The van der Waals surface area contributed by atoms with Gasteiger partial charge in [0, 0.05) is 29.2 Å². The number of rotatable bonds is 5. The van der Waals surface area contributed by atoms with Crippen LogP contribution in [0.1, 0.15) is 19.3 Å². The summed E-state index contributed by atoms with van der Waals surface area (Å²) in [6, 6.07) is 6.02. The molecule has 1 aliphatic carbocycles.